The molecule has 1 unspecified atom stereocenters. The molecule has 2 rings (SSSR count). The van der Waals surface area contributed by atoms with Crippen LogP contribution in [-0.4, -0.2) is 25.0 Å². The summed E-state index contributed by atoms with van der Waals surface area (Å²) in [5, 5.41) is 5.75. The Morgan fingerprint density at radius 1 is 1.47 bits per heavy atom. The highest BCUT2D eigenvalue weighted by Crippen LogP contribution is 2.30. The van der Waals surface area contributed by atoms with E-state index >= 15 is 0 Å². The van der Waals surface area contributed by atoms with E-state index in [1.807, 2.05) is 12.1 Å². The highest BCUT2D eigenvalue weighted by molar-refractivity contribution is 9.10. The number of anilines is 2. The lowest BCUT2D eigenvalue weighted by atomic mass is 10.1. The average molecular weight is 299 g/mol. The number of hydrogen-bond acceptors (Lipinski definition) is 4. The number of benzene rings is 1. The van der Waals surface area contributed by atoms with E-state index in [2.05, 4.69) is 31.3 Å². The molecule has 0 saturated carbocycles. The second-order valence-electron chi connectivity index (χ2n) is 3.66. The molecule has 0 saturated heterocycles. The predicted octanol–water partition coefficient (Wildman–Crippen LogP) is 1.74. The van der Waals surface area contributed by atoms with Gasteiger partial charge in [-0.1, -0.05) is 15.9 Å². The standard InChI is InChI=1S/C11H11BrN2O3/c1-17-10(15)5-9-11(16)14-7-3-2-6(12)4-8(7)13-9/h2-4,9,13H,5H2,1H3,(H,14,16). The van der Waals surface area contributed by atoms with Crippen LogP contribution in [-0.2, 0) is 14.3 Å². The molecule has 2 N–H and O–H groups in total. The summed E-state index contributed by atoms with van der Waals surface area (Å²) in [7, 11) is 1.30. The number of carbonyl (C=O) groups excluding carboxylic acids is 2. The molecule has 1 aliphatic rings. The van der Waals surface area contributed by atoms with Gasteiger partial charge >= 0.3 is 5.97 Å². The molecule has 90 valence electrons. The Morgan fingerprint density at radius 2 is 2.24 bits per heavy atom. The van der Waals surface area contributed by atoms with Crippen molar-refractivity contribution < 1.29 is 14.3 Å². The normalized spacial score (nSPS) is 17.8. The number of esters is 1. The van der Waals surface area contributed by atoms with Crippen LogP contribution in [0.2, 0.25) is 0 Å². The van der Waals surface area contributed by atoms with Crippen LogP contribution >= 0.6 is 15.9 Å². The lowest BCUT2D eigenvalue weighted by molar-refractivity contribution is -0.142. The average Bonchev–Trinajstić information content (AvgIpc) is 2.30. The molecule has 0 aromatic heterocycles. The van der Waals surface area contributed by atoms with Crippen LogP contribution in [0.25, 0.3) is 0 Å². The quantitative estimate of drug-likeness (QED) is 0.816. The Bertz CT molecular complexity index is 476. The van der Waals surface area contributed by atoms with E-state index in [-0.39, 0.29) is 12.3 Å². The number of fused-ring (bicyclic) bond motifs is 1. The monoisotopic (exact) mass is 298 g/mol. The van der Waals surface area contributed by atoms with Gasteiger partial charge in [0.25, 0.3) is 0 Å². The minimum absolute atomic E-state index is 0.00822. The Hall–Kier alpha value is -1.56. The van der Waals surface area contributed by atoms with Gasteiger partial charge in [-0.15, -0.1) is 0 Å². The van der Waals surface area contributed by atoms with Crippen molar-refractivity contribution in [3.05, 3.63) is 22.7 Å². The van der Waals surface area contributed by atoms with E-state index in [0.717, 1.165) is 10.2 Å². The molecular formula is C11H11BrN2O3. The largest absolute Gasteiger partial charge is 0.469 e. The van der Waals surface area contributed by atoms with Crippen LogP contribution in [0.3, 0.4) is 0 Å². The number of carbonyl (C=O) groups is 2. The summed E-state index contributed by atoms with van der Waals surface area (Å²) in [6.07, 6.45) is 0.00822. The summed E-state index contributed by atoms with van der Waals surface area (Å²) in [5.41, 5.74) is 1.49. The second-order valence-corrected chi connectivity index (χ2v) is 4.57. The van der Waals surface area contributed by atoms with E-state index in [0.29, 0.717) is 5.69 Å². The molecule has 17 heavy (non-hydrogen) atoms. The third-order valence-corrected chi connectivity index (χ3v) is 2.98. The fourth-order valence-electron chi connectivity index (χ4n) is 1.61. The molecule has 0 bridgehead atoms. The molecule has 5 nitrogen and oxygen atoms in total. The van der Waals surface area contributed by atoms with Crippen molar-refractivity contribution in [2.45, 2.75) is 12.5 Å². The first-order valence-electron chi connectivity index (χ1n) is 5.04. The molecule has 1 aromatic carbocycles. The Morgan fingerprint density at radius 3 is 2.94 bits per heavy atom. The highest BCUT2D eigenvalue weighted by Gasteiger charge is 2.27. The van der Waals surface area contributed by atoms with Crippen molar-refractivity contribution >= 4 is 39.2 Å². The number of rotatable bonds is 2. The van der Waals surface area contributed by atoms with E-state index in [1.54, 1.807) is 6.07 Å². The third-order valence-electron chi connectivity index (χ3n) is 2.48. The Labute approximate surface area is 107 Å². The summed E-state index contributed by atoms with van der Waals surface area (Å²) >= 11 is 3.35. The smallest absolute Gasteiger partial charge is 0.308 e. The van der Waals surface area contributed by atoms with E-state index < -0.39 is 12.0 Å². The number of methoxy groups -OCH3 is 1. The maximum absolute atomic E-state index is 11.7. The zero-order valence-corrected chi connectivity index (χ0v) is 10.7. The lowest BCUT2D eigenvalue weighted by Crippen LogP contribution is -2.40. The number of halogens is 1. The number of amides is 1. The van der Waals surface area contributed by atoms with Crippen LogP contribution in [0.5, 0.6) is 0 Å². The first-order valence-corrected chi connectivity index (χ1v) is 5.83. The molecule has 0 spiro atoms. The number of nitrogens with one attached hydrogen (secondary N) is 2. The van der Waals surface area contributed by atoms with Crippen LogP contribution in [0, 0.1) is 0 Å². The predicted molar refractivity (Wildman–Crippen MR) is 66.8 cm³/mol. The van der Waals surface area contributed by atoms with Crippen molar-refractivity contribution in [1.29, 1.82) is 0 Å². The van der Waals surface area contributed by atoms with Crippen molar-refractivity contribution in [2.24, 2.45) is 0 Å². The number of hydrogen-bond donors (Lipinski definition) is 2. The molecule has 0 radical (unpaired) electrons. The van der Waals surface area contributed by atoms with Crippen LogP contribution in [0.4, 0.5) is 11.4 Å². The zero-order valence-electron chi connectivity index (χ0n) is 9.12. The summed E-state index contributed by atoms with van der Waals surface area (Å²) < 4.78 is 5.44. The first kappa shape index (κ1) is 11.9. The lowest BCUT2D eigenvalue weighted by Gasteiger charge is -2.26. The van der Waals surface area contributed by atoms with Gasteiger partial charge in [-0.25, -0.2) is 0 Å². The first-order chi connectivity index (χ1) is 8.10. The zero-order chi connectivity index (χ0) is 12.4. The SMILES string of the molecule is COC(=O)CC1Nc2cc(Br)ccc2NC1=O. The van der Waals surface area contributed by atoms with Crippen molar-refractivity contribution in [1.82, 2.24) is 0 Å². The minimum Gasteiger partial charge on any atom is -0.469 e. The maximum Gasteiger partial charge on any atom is 0.308 e. The second kappa shape index (κ2) is 4.75. The van der Waals surface area contributed by atoms with Gasteiger partial charge in [-0.05, 0) is 18.2 Å². The highest BCUT2D eigenvalue weighted by atomic mass is 79.9. The molecule has 1 atom stereocenters. The Balaban J connectivity index is 2.19. The fraction of sp³-hybridized carbons (Fsp3) is 0.273. The topological polar surface area (TPSA) is 67.4 Å². The van der Waals surface area contributed by atoms with Crippen molar-refractivity contribution in [3.63, 3.8) is 0 Å². The van der Waals surface area contributed by atoms with Gasteiger partial charge in [0.1, 0.15) is 6.04 Å². The molecule has 1 aliphatic heterocycles. The molecule has 1 aromatic rings. The molecule has 6 heteroatoms. The summed E-state index contributed by atoms with van der Waals surface area (Å²) in [6.45, 7) is 0. The van der Waals surface area contributed by atoms with E-state index in [9.17, 15) is 9.59 Å². The third kappa shape index (κ3) is 2.58. The van der Waals surface area contributed by atoms with Crippen LogP contribution < -0.4 is 10.6 Å². The van der Waals surface area contributed by atoms with Gasteiger partial charge in [0, 0.05) is 4.47 Å². The summed E-state index contributed by atoms with van der Waals surface area (Å²) in [6, 6.07) is 4.88. The maximum atomic E-state index is 11.7. The molecule has 0 aliphatic carbocycles. The van der Waals surface area contributed by atoms with Gasteiger partial charge < -0.3 is 15.4 Å². The fourth-order valence-corrected chi connectivity index (χ4v) is 1.97. The molecular weight excluding hydrogens is 288 g/mol. The van der Waals surface area contributed by atoms with E-state index in [4.69, 9.17) is 0 Å². The van der Waals surface area contributed by atoms with Gasteiger partial charge in [-0.2, -0.15) is 0 Å². The summed E-state index contributed by atoms with van der Waals surface area (Å²) in [4.78, 5) is 22.9. The number of ether oxygens (including phenoxy) is 1. The van der Waals surface area contributed by atoms with Crippen molar-refractivity contribution in [2.75, 3.05) is 17.7 Å². The van der Waals surface area contributed by atoms with Crippen molar-refractivity contribution in [3.8, 4) is 0 Å². The molecule has 1 heterocycles. The minimum atomic E-state index is -0.593. The van der Waals surface area contributed by atoms with Gasteiger partial charge in [0.15, 0.2) is 0 Å². The summed E-state index contributed by atoms with van der Waals surface area (Å²) in [5.74, 6) is -0.652. The van der Waals surface area contributed by atoms with Crippen LogP contribution in [0.1, 0.15) is 6.42 Å². The van der Waals surface area contributed by atoms with Gasteiger partial charge in [0.2, 0.25) is 5.91 Å². The van der Waals surface area contributed by atoms with Crippen LogP contribution in [0.15, 0.2) is 22.7 Å². The van der Waals surface area contributed by atoms with Gasteiger partial charge in [0.05, 0.1) is 24.9 Å². The van der Waals surface area contributed by atoms with E-state index in [1.165, 1.54) is 7.11 Å². The van der Waals surface area contributed by atoms with Gasteiger partial charge in [-0.3, -0.25) is 9.59 Å². The Kier molecular flexibility index (Phi) is 3.33. The molecule has 0 fully saturated rings. The molecule has 1 amide bonds.